The first-order valence-electron chi connectivity index (χ1n) is 5.58. The van der Waals surface area contributed by atoms with E-state index < -0.39 is 56.6 Å². The van der Waals surface area contributed by atoms with Gasteiger partial charge < -0.3 is 10.0 Å². The van der Waals surface area contributed by atoms with Crippen molar-refractivity contribution < 1.29 is 41.0 Å². The summed E-state index contributed by atoms with van der Waals surface area (Å²) in [5, 5.41) is 8.36. The van der Waals surface area contributed by atoms with E-state index in [1.807, 2.05) is 0 Å². The first-order chi connectivity index (χ1) is 8.93. The molecule has 1 amide bonds. The lowest BCUT2D eigenvalue weighted by Gasteiger charge is -2.23. The van der Waals surface area contributed by atoms with Crippen LogP contribution in [0.25, 0.3) is 0 Å². The van der Waals surface area contributed by atoms with E-state index >= 15 is 0 Å². The van der Waals surface area contributed by atoms with Gasteiger partial charge in [0.15, 0.2) is 0 Å². The zero-order chi connectivity index (χ0) is 16.0. The molecule has 0 aromatic heterocycles. The van der Waals surface area contributed by atoms with Crippen LogP contribution in [0.5, 0.6) is 0 Å². The van der Waals surface area contributed by atoms with Crippen LogP contribution in [-0.2, 0) is 9.59 Å². The Morgan fingerprint density at radius 3 is 1.90 bits per heavy atom. The van der Waals surface area contributed by atoms with E-state index in [1.54, 1.807) is 0 Å². The molecule has 0 aliphatic rings. The summed E-state index contributed by atoms with van der Waals surface area (Å²) < 4.78 is 72.1. The molecule has 0 fully saturated rings. The van der Waals surface area contributed by atoms with E-state index in [2.05, 4.69) is 0 Å². The predicted octanol–water partition coefficient (Wildman–Crippen LogP) is 2.58. The number of carboxylic acids is 1. The van der Waals surface area contributed by atoms with Crippen LogP contribution < -0.4 is 0 Å². The maximum absolute atomic E-state index is 12.2. The van der Waals surface area contributed by atoms with Crippen LogP contribution >= 0.6 is 0 Å². The number of unbranched alkanes of at least 4 members (excludes halogenated alkanes) is 1. The summed E-state index contributed by atoms with van der Waals surface area (Å²) in [5.41, 5.74) is 0. The van der Waals surface area contributed by atoms with Crippen molar-refractivity contribution in [3.63, 3.8) is 0 Å². The van der Waals surface area contributed by atoms with Crippen LogP contribution in [0.3, 0.4) is 0 Å². The summed E-state index contributed by atoms with van der Waals surface area (Å²) in [7, 11) is 0. The highest BCUT2D eigenvalue weighted by Crippen LogP contribution is 2.23. The molecule has 4 nitrogen and oxygen atoms in total. The maximum atomic E-state index is 12.2. The average Bonchev–Trinajstić information content (AvgIpc) is 2.24. The number of carbonyl (C=O) groups is 2. The van der Waals surface area contributed by atoms with E-state index in [1.165, 1.54) is 0 Å². The average molecular weight is 309 g/mol. The van der Waals surface area contributed by atoms with Crippen molar-refractivity contribution in [2.75, 3.05) is 13.1 Å². The van der Waals surface area contributed by atoms with Gasteiger partial charge in [-0.25, -0.2) is 0 Å². The van der Waals surface area contributed by atoms with Gasteiger partial charge in [0.25, 0.3) is 0 Å². The molecule has 0 aromatic rings. The number of aliphatic carboxylic acids is 1. The van der Waals surface area contributed by atoms with Crippen molar-refractivity contribution in [1.82, 2.24) is 4.90 Å². The van der Waals surface area contributed by atoms with Crippen LogP contribution in [0.1, 0.15) is 25.7 Å². The van der Waals surface area contributed by atoms with Crippen LogP contribution in [0, 0.1) is 0 Å². The molecule has 20 heavy (non-hydrogen) atoms. The molecule has 0 atom stereocenters. The van der Waals surface area contributed by atoms with Crippen molar-refractivity contribution in [2.45, 2.75) is 38.0 Å². The minimum absolute atomic E-state index is 0.213. The SMILES string of the molecule is O=C(O)CCN(CCCCC(F)(F)F)C(=O)C(F)(F)F. The summed E-state index contributed by atoms with van der Waals surface area (Å²) >= 11 is 0. The second-order valence-corrected chi connectivity index (χ2v) is 4.01. The van der Waals surface area contributed by atoms with Gasteiger partial charge in [0, 0.05) is 19.5 Å². The number of amides is 1. The molecule has 10 heteroatoms. The topological polar surface area (TPSA) is 57.6 Å². The van der Waals surface area contributed by atoms with Gasteiger partial charge in [-0.3, -0.25) is 9.59 Å². The van der Waals surface area contributed by atoms with Gasteiger partial charge in [0.2, 0.25) is 0 Å². The molecule has 1 N–H and O–H groups in total. The molecule has 0 aliphatic carbocycles. The first kappa shape index (κ1) is 18.5. The second kappa shape index (κ2) is 7.34. The second-order valence-electron chi connectivity index (χ2n) is 4.01. The Bertz CT molecular complexity index is 339. The van der Waals surface area contributed by atoms with Gasteiger partial charge in [-0.2, -0.15) is 26.3 Å². The lowest BCUT2D eigenvalue weighted by atomic mass is 10.2. The Morgan fingerprint density at radius 1 is 0.950 bits per heavy atom. The number of alkyl halides is 6. The molecule has 0 radical (unpaired) electrons. The Hall–Kier alpha value is -1.48. The lowest BCUT2D eigenvalue weighted by Crippen LogP contribution is -2.42. The first-order valence-corrected chi connectivity index (χ1v) is 5.58. The number of carbonyl (C=O) groups excluding carboxylic acids is 1. The van der Waals surface area contributed by atoms with E-state index in [9.17, 15) is 35.9 Å². The maximum Gasteiger partial charge on any atom is 0.471 e. The number of rotatable bonds is 7. The molecule has 0 rings (SSSR count). The van der Waals surface area contributed by atoms with Gasteiger partial charge >= 0.3 is 24.2 Å². The number of hydrogen-bond acceptors (Lipinski definition) is 2. The quantitative estimate of drug-likeness (QED) is 0.581. The van der Waals surface area contributed by atoms with Crippen LogP contribution in [0.2, 0.25) is 0 Å². The fraction of sp³-hybridized carbons (Fsp3) is 0.800. The molecule has 0 spiro atoms. The number of hydrogen-bond donors (Lipinski definition) is 1. The molecule has 0 bridgehead atoms. The molecule has 0 unspecified atom stereocenters. The van der Waals surface area contributed by atoms with Gasteiger partial charge in [-0.05, 0) is 12.8 Å². The van der Waals surface area contributed by atoms with Crippen LogP contribution in [-0.4, -0.2) is 47.3 Å². The molecular weight excluding hydrogens is 296 g/mol. The number of carboxylic acid groups (broad SMARTS) is 1. The summed E-state index contributed by atoms with van der Waals surface area (Å²) in [6.07, 6.45) is -12.2. The minimum atomic E-state index is -5.18. The zero-order valence-electron chi connectivity index (χ0n) is 10.2. The van der Waals surface area contributed by atoms with Gasteiger partial charge in [0.05, 0.1) is 6.42 Å². The molecule has 0 saturated heterocycles. The molecule has 0 heterocycles. The van der Waals surface area contributed by atoms with E-state index in [0.29, 0.717) is 0 Å². The highest BCUT2D eigenvalue weighted by atomic mass is 19.4. The van der Waals surface area contributed by atoms with Crippen molar-refractivity contribution in [3.8, 4) is 0 Å². The fourth-order valence-electron chi connectivity index (χ4n) is 1.35. The van der Waals surface area contributed by atoms with E-state index in [0.717, 1.165) is 0 Å². The van der Waals surface area contributed by atoms with Gasteiger partial charge in [0.1, 0.15) is 0 Å². The fourth-order valence-corrected chi connectivity index (χ4v) is 1.35. The summed E-state index contributed by atoms with van der Waals surface area (Å²) in [4.78, 5) is 21.4. The van der Waals surface area contributed by atoms with Crippen molar-refractivity contribution in [2.24, 2.45) is 0 Å². The number of halogens is 6. The molecule has 0 aliphatic heterocycles. The molecular formula is C10H13F6NO3. The van der Waals surface area contributed by atoms with Crippen molar-refractivity contribution in [1.29, 1.82) is 0 Å². The zero-order valence-corrected chi connectivity index (χ0v) is 10.2. The Balaban J connectivity index is 4.39. The van der Waals surface area contributed by atoms with Gasteiger partial charge in [-0.15, -0.1) is 0 Å². The van der Waals surface area contributed by atoms with Crippen molar-refractivity contribution >= 4 is 11.9 Å². The third-order valence-electron chi connectivity index (χ3n) is 2.26. The summed E-state index contributed by atoms with van der Waals surface area (Å²) in [6, 6.07) is 0. The minimum Gasteiger partial charge on any atom is -0.481 e. The van der Waals surface area contributed by atoms with Crippen LogP contribution in [0.15, 0.2) is 0 Å². The molecule has 0 aromatic carbocycles. The largest absolute Gasteiger partial charge is 0.481 e. The monoisotopic (exact) mass is 309 g/mol. The highest BCUT2D eigenvalue weighted by molar-refractivity contribution is 5.82. The lowest BCUT2D eigenvalue weighted by molar-refractivity contribution is -0.185. The Kier molecular flexibility index (Phi) is 6.80. The van der Waals surface area contributed by atoms with E-state index in [-0.39, 0.29) is 11.3 Å². The summed E-state index contributed by atoms with van der Waals surface area (Å²) in [5.74, 6) is -3.65. The smallest absolute Gasteiger partial charge is 0.471 e. The van der Waals surface area contributed by atoms with Crippen molar-refractivity contribution in [3.05, 3.63) is 0 Å². The highest BCUT2D eigenvalue weighted by Gasteiger charge is 2.42. The Morgan fingerprint density at radius 2 is 1.50 bits per heavy atom. The standard InChI is InChI=1S/C10H13F6NO3/c11-9(12,13)4-1-2-5-17(6-3-7(18)19)8(20)10(14,15)16/h1-6H2,(H,18,19). The molecule has 118 valence electrons. The van der Waals surface area contributed by atoms with Crippen LogP contribution in [0.4, 0.5) is 26.3 Å². The normalized spacial score (nSPS) is 12.3. The number of nitrogens with zero attached hydrogens (tertiary/aromatic N) is 1. The Labute approximate surface area is 110 Å². The third-order valence-corrected chi connectivity index (χ3v) is 2.26. The van der Waals surface area contributed by atoms with E-state index in [4.69, 9.17) is 5.11 Å². The third kappa shape index (κ3) is 8.59. The van der Waals surface area contributed by atoms with Gasteiger partial charge in [-0.1, -0.05) is 0 Å². The predicted molar refractivity (Wildman–Crippen MR) is 54.8 cm³/mol. The molecule has 0 saturated carbocycles. The summed E-state index contributed by atoms with van der Waals surface area (Å²) in [6.45, 7) is -1.26.